The molecule has 0 heterocycles. The van der Waals surface area contributed by atoms with E-state index in [9.17, 15) is 8.78 Å². The summed E-state index contributed by atoms with van der Waals surface area (Å²) >= 11 is 0. The van der Waals surface area contributed by atoms with Crippen LogP contribution in [0.3, 0.4) is 0 Å². The van der Waals surface area contributed by atoms with Crippen molar-refractivity contribution in [2.75, 3.05) is 20.6 Å². The van der Waals surface area contributed by atoms with Crippen LogP contribution in [-0.4, -0.2) is 31.1 Å². The van der Waals surface area contributed by atoms with Gasteiger partial charge < -0.3 is 10.2 Å². The van der Waals surface area contributed by atoms with Crippen molar-refractivity contribution in [2.45, 2.75) is 25.9 Å². The van der Waals surface area contributed by atoms with Gasteiger partial charge in [-0.2, -0.15) is 0 Å². The Balaban J connectivity index is 2.51. The minimum Gasteiger partial charge on any atom is -0.311 e. The lowest BCUT2D eigenvalue weighted by Crippen LogP contribution is -2.46. The maximum absolute atomic E-state index is 12.9. The quantitative estimate of drug-likeness (QED) is 0.853. The molecule has 1 aromatic rings. The molecular weight excluding hydrogens is 222 g/mol. The van der Waals surface area contributed by atoms with Gasteiger partial charge in [0.15, 0.2) is 0 Å². The van der Waals surface area contributed by atoms with Gasteiger partial charge in [-0.1, -0.05) is 0 Å². The second-order valence-corrected chi connectivity index (χ2v) is 5.09. The van der Waals surface area contributed by atoms with Crippen molar-refractivity contribution in [3.63, 3.8) is 0 Å². The summed E-state index contributed by atoms with van der Waals surface area (Å²) in [7, 11) is 4.01. The normalized spacial score (nSPS) is 12.2. The molecule has 0 saturated carbocycles. The van der Waals surface area contributed by atoms with Crippen molar-refractivity contribution in [3.8, 4) is 0 Å². The molecule has 4 heteroatoms. The van der Waals surface area contributed by atoms with Crippen LogP contribution in [0.5, 0.6) is 0 Å². The third-order valence-corrected chi connectivity index (χ3v) is 3.02. The fraction of sp³-hybridized carbons (Fsp3) is 0.538. The Morgan fingerprint density at radius 2 is 1.65 bits per heavy atom. The van der Waals surface area contributed by atoms with Crippen LogP contribution in [0.2, 0.25) is 0 Å². The van der Waals surface area contributed by atoms with Crippen molar-refractivity contribution in [1.29, 1.82) is 0 Å². The molecule has 0 fully saturated rings. The molecule has 1 rings (SSSR count). The van der Waals surface area contributed by atoms with E-state index in [2.05, 4.69) is 24.1 Å². The van der Waals surface area contributed by atoms with E-state index in [1.165, 1.54) is 12.1 Å². The Hall–Kier alpha value is -1.00. The van der Waals surface area contributed by atoms with Crippen molar-refractivity contribution in [3.05, 3.63) is 35.4 Å². The Bertz CT molecular complexity index is 355. The number of rotatable bonds is 5. The van der Waals surface area contributed by atoms with Crippen LogP contribution in [0.25, 0.3) is 0 Å². The average molecular weight is 242 g/mol. The standard InChI is InChI=1S/C13H20F2N2/c1-13(2,17(3)4)9-16-8-10-5-11(14)7-12(15)6-10/h5-7,16H,8-9H2,1-4H3. The summed E-state index contributed by atoms with van der Waals surface area (Å²) in [6.07, 6.45) is 0. The second-order valence-electron chi connectivity index (χ2n) is 5.09. The zero-order chi connectivity index (χ0) is 13.1. The molecule has 2 nitrogen and oxygen atoms in total. The zero-order valence-corrected chi connectivity index (χ0v) is 10.8. The number of hydrogen-bond donors (Lipinski definition) is 1. The van der Waals surface area contributed by atoms with Gasteiger partial charge in [0, 0.05) is 24.7 Å². The fourth-order valence-electron chi connectivity index (χ4n) is 1.38. The average Bonchev–Trinajstić information content (AvgIpc) is 2.15. The number of nitrogens with one attached hydrogen (secondary N) is 1. The summed E-state index contributed by atoms with van der Waals surface area (Å²) in [6, 6.07) is 3.57. The Morgan fingerprint density at radius 1 is 1.12 bits per heavy atom. The molecule has 0 spiro atoms. The molecule has 0 saturated heterocycles. The number of benzene rings is 1. The molecule has 1 aromatic carbocycles. The van der Waals surface area contributed by atoms with Gasteiger partial charge in [0.05, 0.1) is 0 Å². The molecule has 0 aliphatic rings. The first kappa shape index (κ1) is 14.1. The molecule has 17 heavy (non-hydrogen) atoms. The van der Waals surface area contributed by atoms with Crippen LogP contribution in [0, 0.1) is 11.6 Å². The van der Waals surface area contributed by atoms with Crippen molar-refractivity contribution in [2.24, 2.45) is 0 Å². The van der Waals surface area contributed by atoms with Crippen LogP contribution < -0.4 is 5.32 Å². The van der Waals surface area contributed by atoms with E-state index in [-0.39, 0.29) is 5.54 Å². The van der Waals surface area contributed by atoms with Gasteiger partial charge in [-0.15, -0.1) is 0 Å². The topological polar surface area (TPSA) is 15.3 Å². The maximum atomic E-state index is 12.9. The highest BCUT2D eigenvalue weighted by Crippen LogP contribution is 2.10. The predicted octanol–water partition coefficient (Wildman–Crippen LogP) is 2.39. The van der Waals surface area contributed by atoms with Crippen LogP contribution >= 0.6 is 0 Å². The lowest BCUT2D eigenvalue weighted by Gasteiger charge is -2.32. The van der Waals surface area contributed by atoms with Gasteiger partial charge in [0.25, 0.3) is 0 Å². The molecule has 0 radical (unpaired) electrons. The Kier molecular flexibility index (Phi) is 4.60. The summed E-state index contributed by atoms with van der Waals surface area (Å²) in [5.41, 5.74) is 0.628. The molecule has 0 unspecified atom stereocenters. The minimum atomic E-state index is -0.534. The molecule has 0 amide bonds. The Morgan fingerprint density at radius 3 is 2.12 bits per heavy atom. The van der Waals surface area contributed by atoms with Gasteiger partial charge in [0.1, 0.15) is 11.6 Å². The number of likely N-dealkylation sites (N-methyl/N-ethyl adjacent to an activating group) is 1. The van der Waals surface area contributed by atoms with E-state index in [1.54, 1.807) is 0 Å². The number of halogens is 2. The lowest BCUT2D eigenvalue weighted by atomic mass is 10.0. The molecular formula is C13H20F2N2. The van der Waals surface area contributed by atoms with E-state index >= 15 is 0 Å². The first-order valence-corrected chi connectivity index (χ1v) is 5.64. The highest BCUT2D eigenvalue weighted by molar-refractivity contribution is 5.17. The summed E-state index contributed by atoms with van der Waals surface area (Å²) in [6.45, 7) is 5.42. The van der Waals surface area contributed by atoms with Crippen LogP contribution in [0.15, 0.2) is 18.2 Å². The number of hydrogen-bond acceptors (Lipinski definition) is 2. The SMILES string of the molecule is CN(C)C(C)(C)CNCc1cc(F)cc(F)c1. The van der Waals surface area contributed by atoms with Crippen LogP contribution in [0.4, 0.5) is 8.78 Å². The Labute approximate surface area is 102 Å². The minimum absolute atomic E-state index is 0.00582. The molecule has 0 bridgehead atoms. The summed E-state index contributed by atoms with van der Waals surface area (Å²) < 4.78 is 25.9. The monoisotopic (exact) mass is 242 g/mol. The van der Waals surface area contributed by atoms with Gasteiger partial charge in [-0.05, 0) is 45.6 Å². The highest BCUT2D eigenvalue weighted by atomic mass is 19.1. The largest absolute Gasteiger partial charge is 0.311 e. The second kappa shape index (κ2) is 5.56. The van der Waals surface area contributed by atoms with E-state index in [4.69, 9.17) is 0 Å². The summed E-state index contributed by atoms with van der Waals surface area (Å²) in [4.78, 5) is 2.10. The van der Waals surface area contributed by atoms with Gasteiger partial charge in [0.2, 0.25) is 0 Å². The third kappa shape index (κ3) is 4.40. The number of nitrogens with zero attached hydrogens (tertiary/aromatic N) is 1. The van der Waals surface area contributed by atoms with Gasteiger partial charge in [-0.25, -0.2) is 8.78 Å². The summed E-state index contributed by atoms with van der Waals surface area (Å²) in [5.74, 6) is -1.07. The van der Waals surface area contributed by atoms with Gasteiger partial charge in [-0.3, -0.25) is 0 Å². The lowest BCUT2D eigenvalue weighted by molar-refractivity contribution is 0.189. The van der Waals surface area contributed by atoms with E-state index < -0.39 is 11.6 Å². The predicted molar refractivity (Wildman–Crippen MR) is 65.8 cm³/mol. The highest BCUT2D eigenvalue weighted by Gasteiger charge is 2.19. The summed E-state index contributed by atoms with van der Waals surface area (Å²) in [5, 5.41) is 3.20. The molecule has 0 aliphatic carbocycles. The molecule has 0 aromatic heterocycles. The smallest absolute Gasteiger partial charge is 0.126 e. The molecule has 0 atom stereocenters. The van der Waals surface area contributed by atoms with Crippen molar-refractivity contribution >= 4 is 0 Å². The molecule has 0 aliphatic heterocycles. The van der Waals surface area contributed by atoms with E-state index in [0.29, 0.717) is 12.1 Å². The first-order chi connectivity index (χ1) is 7.81. The van der Waals surface area contributed by atoms with E-state index in [0.717, 1.165) is 12.6 Å². The van der Waals surface area contributed by atoms with Gasteiger partial charge >= 0.3 is 0 Å². The first-order valence-electron chi connectivity index (χ1n) is 5.64. The van der Waals surface area contributed by atoms with Crippen LogP contribution in [-0.2, 0) is 6.54 Å². The third-order valence-electron chi connectivity index (χ3n) is 3.02. The molecule has 1 N–H and O–H groups in total. The van der Waals surface area contributed by atoms with Crippen molar-refractivity contribution in [1.82, 2.24) is 10.2 Å². The van der Waals surface area contributed by atoms with E-state index in [1.807, 2.05) is 14.1 Å². The zero-order valence-electron chi connectivity index (χ0n) is 10.8. The fourth-order valence-corrected chi connectivity index (χ4v) is 1.38. The van der Waals surface area contributed by atoms with Crippen LogP contribution in [0.1, 0.15) is 19.4 Å². The van der Waals surface area contributed by atoms with Crippen molar-refractivity contribution < 1.29 is 8.78 Å². The molecule has 96 valence electrons. The maximum Gasteiger partial charge on any atom is 0.126 e.